The van der Waals surface area contributed by atoms with Gasteiger partial charge >= 0.3 is 41.7 Å². The fraction of sp³-hybridized carbons (Fsp3) is 0.611. The maximum atomic E-state index is 14.3. The SMILES string of the molecule is COC(C)(CC(F)(F)C(F)(F)C(F)(F)C(F)(F)C(F)(F)C(F)(F)C(F)(F)F)c1cccc(C#N)c1. The van der Waals surface area contributed by atoms with Gasteiger partial charge in [0.25, 0.3) is 0 Å². The molecule has 0 saturated heterocycles. The molecule has 1 unspecified atom stereocenters. The van der Waals surface area contributed by atoms with Crippen molar-refractivity contribution in [2.45, 2.75) is 60.7 Å². The third-order valence-corrected chi connectivity index (χ3v) is 5.00. The van der Waals surface area contributed by atoms with Crippen molar-refractivity contribution in [1.29, 1.82) is 5.26 Å². The smallest absolute Gasteiger partial charge is 0.374 e. The lowest BCUT2D eigenvalue weighted by atomic mass is 9.83. The first-order chi connectivity index (χ1) is 15.3. The molecular weight excluding hydrogens is 531 g/mol. The Morgan fingerprint density at radius 2 is 1.14 bits per heavy atom. The topological polar surface area (TPSA) is 33.0 Å². The number of methoxy groups -OCH3 is 1. The summed E-state index contributed by atoms with van der Waals surface area (Å²) in [5.74, 6) is -47.0. The van der Waals surface area contributed by atoms with Crippen molar-refractivity contribution < 1.29 is 70.6 Å². The molecule has 1 aromatic rings. The van der Waals surface area contributed by atoms with Gasteiger partial charge < -0.3 is 4.74 Å². The number of nitriles is 1. The number of hydrogen-bond donors (Lipinski definition) is 0. The first-order valence-corrected chi connectivity index (χ1v) is 8.70. The molecule has 0 radical (unpaired) electrons. The lowest BCUT2D eigenvalue weighted by Gasteiger charge is -2.43. The Kier molecular flexibility index (Phi) is 7.56. The average Bonchev–Trinajstić information content (AvgIpc) is 2.71. The van der Waals surface area contributed by atoms with Gasteiger partial charge in [0, 0.05) is 7.11 Å². The van der Waals surface area contributed by atoms with Crippen LogP contribution in [0.3, 0.4) is 0 Å². The van der Waals surface area contributed by atoms with E-state index >= 15 is 0 Å². The van der Waals surface area contributed by atoms with E-state index < -0.39 is 59.3 Å². The Morgan fingerprint density at radius 1 is 0.714 bits per heavy atom. The highest BCUT2D eigenvalue weighted by molar-refractivity contribution is 5.35. The molecule has 200 valence electrons. The molecule has 1 aromatic carbocycles. The van der Waals surface area contributed by atoms with Crippen molar-refractivity contribution in [1.82, 2.24) is 0 Å². The second-order valence-electron chi connectivity index (χ2n) is 7.38. The zero-order valence-corrected chi connectivity index (χ0v) is 17.0. The zero-order valence-electron chi connectivity index (χ0n) is 17.0. The predicted octanol–water partition coefficient (Wildman–Crippen LogP) is 7.18. The normalized spacial score (nSPS) is 16.6. The Bertz CT molecular complexity index is 963. The maximum Gasteiger partial charge on any atom is 0.460 e. The van der Waals surface area contributed by atoms with Gasteiger partial charge in [-0.1, -0.05) is 12.1 Å². The minimum Gasteiger partial charge on any atom is -0.374 e. The van der Waals surface area contributed by atoms with E-state index in [2.05, 4.69) is 4.74 Å². The summed E-state index contributed by atoms with van der Waals surface area (Å²) in [6.07, 6.45) is -10.4. The lowest BCUT2D eigenvalue weighted by molar-refractivity contribution is -0.453. The van der Waals surface area contributed by atoms with Gasteiger partial charge in [0.15, 0.2) is 0 Å². The summed E-state index contributed by atoms with van der Waals surface area (Å²) < 4.78 is 205. The first kappa shape index (κ1) is 30.7. The molecule has 0 aliphatic carbocycles. The maximum absolute atomic E-state index is 14.3. The third-order valence-electron chi connectivity index (χ3n) is 5.00. The van der Waals surface area contributed by atoms with Crippen LogP contribution in [-0.4, -0.2) is 48.8 Å². The van der Waals surface area contributed by atoms with Crippen LogP contribution in [0, 0.1) is 11.3 Å². The van der Waals surface area contributed by atoms with E-state index in [1.165, 1.54) is 6.07 Å². The monoisotopic (exact) mass is 543 g/mol. The second kappa shape index (κ2) is 8.63. The highest BCUT2D eigenvalue weighted by atomic mass is 19.4. The predicted molar refractivity (Wildman–Crippen MR) is 85.9 cm³/mol. The van der Waals surface area contributed by atoms with Gasteiger partial charge in [-0.3, -0.25) is 0 Å². The van der Waals surface area contributed by atoms with Crippen molar-refractivity contribution in [3.05, 3.63) is 35.4 Å². The van der Waals surface area contributed by atoms with Crippen LogP contribution in [0.1, 0.15) is 24.5 Å². The van der Waals surface area contributed by atoms with Crippen molar-refractivity contribution in [2.75, 3.05) is 7.11 Å². The number of benzene rings is 1. The van der Waals surface area contributed by atoms with E-state index in [0.29, 0.717) is 14.0 Å². The van der Waals surface area contributed by atoms with E-state index in [0.717, 1.165) is 24.3 Å². The molecule has 1 atom stereocenters. The van der Waals surface area contributed by atoms with Gasteiger partial charge in [0.2, 0.25) is 0 Å². The van der Waals surface area contributed by atoms with Crippen LogP contribution in [0.2, 0.25) is 0 Å². The van der Waals surface area contributed by atoms with Crippen LogP contribution in [-0.2, 0) is 10.3 Å². The molecule has 0 saturated carbocycles. The number of hydrogen-bond acceptors (Lipinski definition) is 2. The summed E-state index contributed by atoms with van der Waals surface area (Å²) in [6.45, 7) is 0.510. The number of ether oxygens (including phenoxy) is 1. The molecular formula is C18H12F15NO. The molecule has 0 fully saturated rings. The number of halogens is 15. The average molecular weight is 543 g/mol. The van der Waals surface area contributed by atoms with E-state index in [1.54, 1.807) is 0 Å². The van der Waals surface area contributed by atoms with Crippen molar-refractivity contribution in [3.8, 4) is 6.07 Å². The van der Waals surface area contributed by atoms with Crippen LogP contribution in [0.25, 0.3) is 0 Å². The summed E-state index contributed by atoms with van der Waals surface area (Å²) in [4.78, 5) is 0. The summed E-state index contributed by atoms with van der Waals surface area (Å²) in [7, 11) is 0.540. The molecule has 0 amide bonds. The molecule has 0 N–H and O–H groups in total. The van der Waals surface area contributed by atoms with Gasteiger partial charge in [-0.25, -0.2) is 0 Å². The minimum absolute atomic E-state index is 0.313. The van der Waals surface area contributed by atoms with E-state index in [9.17, 15) is 65.9 Å². The van der Waals surface area contributed by atoms with Crippen LogP contribution < -0.4 is 0 Å². The number of alkyl halides is 15. The molecule has 35 heavy (non-hydrogen) atoms. The van der Waals surface area contributed by atoms with Crippen molar-refractivity contribution in [2.24, 2.45) is 0 Å². The first-order valence-electron chi connectivity index (χ1n) is 8.70. The minimum atomic E-state index is -8.35. The highest BCUT2D eigenvalue weighted by Gasteiger charge is 2.93. The van der Waals surface area contributed by atoms with Gasteiger partial charge in [0.05, 0.1) is 23.7 Å². The molecule has 0 heterocycles. The van der Waals surface area contributed by atoms with Crippen molar-refractivity contribution >= 4 is 0 Å². The van der Waals surface area contributed by atoms with E-state index in [-0.39, 0.29) is 5.56 Å². The highest BCUT2D eigenvalue weighted by Crippen LogP contribution is 2.63. The number of rotatable bonds is 9. The molecule has 0 aliphatic rings. The zero-order chi connectivity index (χ0) is 28.1. The van der Waals surface area contributed by atoms with Gasteiger partial charge in [-0.2, -0.15) is 71.1 Å². The third kappa shape index (κ3) is 4.49. The van der Waals surface area contributed by atoms with Crippen LogP contribution in [0.4, 0.5) is 65.9 Å². The fourth-order valence-corrected chi connectivity index (χ4v) is 2.74. The quantitative estimate of drug-likeness (QED) is 0.309. The standard InChI is InChI=1S/C18H12F15NO/c1-11(35-2,10-5-3-4-9(6-10)7-34)8-12(19,20)13(21,22)14(23,24)15(25,26)16(27,28)17(29,30)18(31,32)33/h3-6H,8H2,1-2H3. The summed E-state index contributed by atoms with van der Waals surface area (Å²) in [5.41, 5.74) is -3.73. The summed E-state index contributed by atoms with van der Waals surface area (Å²) >= 11 is 0. The molecule has 0 spiro atoms. The fourth-order valence-electron chi connectivity index (χ4n) is 2.74. The number of nitrogens with zero attached hydrogens (tertiary/aromatic N) is 1. The lowest BCUT2D eigenvalue weighted by Crippen LogP contribution is -2.72. The van der Waals surface area contributed by atoms with Crippen molar-refractivity contribution in [3.63, 3.8) is 0 Å². The molecule has 0 aliphatic heterocycles. The largest absolute Gasteiger partial charge is 0.460 e. The van der Waals surface area contributed by atoms with Gasteiger partial charge in [-0.05, 0) is 24.6 Å². The van der Waals surface area contributed by atoms with Crippen LogP contribution >= 0.6 is 0 Å². The molecule has 0 aromatic heterocycles. The Labute approximate surface area is 186 Å². The van der Waals surface area contributed by atoms with E-state index in [1.807, 2.05) is 0 Å². The Balaban J connectivity index is 3.62. The molecule has 2 nitrogen and oxygen atoms in total. The Hall–Kier alpha value is -2.38. The second-order valence-corrected chi connectivity index (χ2v) is 7.38. The van der Waals surface area contributed by atoms with Gasteiger partial charge in [0.1, 0.15) is 0 Å². The van der Waals surface area contributed by atoms with Crippen LogP contribution in [0.5, 0.6) is 0 Å². The van der Waals surface area contributed by atoms with Crippen LogP contribution in [0.15, 0.2) is 24.3 Å². The molecule has 17 heteroatoms. The summed E-state index contributed by atoms with van der Waals surface area (Å²) in [6, 6.07) is 5.08. The van der Waals surface area contributed by atoms with E-state index in [4.69, 9.17) is 5.26 Å². The molecule has 0 bridgehead atoms. The molecule has 1 rings (SSSR count). The Morgan fingerprint density at radius 3 is 1.54 bits per heavy atom. The summed E-state index contributed by atoms with van der Waals surface area (Å²) in [5, 5.41) is 8.80. The van der Waals surface area contributed by atoms with Gasteiger partial charge in [-0.15, -0.1) is 0 Å².